The highest BCUT2D eigenvalue weighted by Gasteiger charge is 2.23. The van der Waals surface area contributed by atoms with Crippen molar-refractivity contribution in [3.8, 4) is 0 Å². The molecule has 1 aromatic rings. The first-order chi connectivity index (χ1) is 9.71. The van der Waals surface area contributed by atoms with Gasteiger partial charge >= 0.3 is 0 Å². The topological polar surface area (TPSA) is 41.1 Å². The van der Waals surface area contributed by atoms with Crippen molar-refractivity contribution in [3.05, 3.63) is 11.4 Å². The maximum atomic E-state index is 4.84. The predicted molar refractivity (Wildman–Crippen MR) is 85.6 cm³/mol. The molecule has 0 aromatic carbocycles. The lowest BCUT2D eigenvalue weighted by atomic mass is 10.1. The maximum Gasteiger partial charge on any atom is 0.137 e. The van der Waals surface area contributed by atoms with E-state index < -0.39 is 0 Å². The number of nitrogens with zero attached hydrogens (tertiary/aromatic N) is 3. The fourth-order valence-corrected chi connectivity index (χ4v) is 3.11. The number of rotatable bonds is 4. The molecule has 1 aliphatic rings. The van der Waals surface area contributed by atoms with Gasteiger partial charge in [-0.25, -0.2) is 9.97 Å². The maximum absolute atomic E-state index is 4.84. The summed E-state index contributed by atoms with van der Waals surface area (Å²) in [6.45, 7) is 7.67. The zero-order valence-electron chi connectivity index (χ0n) is 13.4. The van der Waals surface area contributed by atoms with E-state index in [9.17, 15) is 0 Å². The number of aromatic nitrogens is 2. The standard InChI is InChI=1S/C16H28N4/c1-5-13-10-8-7-9-11-20(13)16-12(3)15(17-4)18-14(6-2)19-16/h13H,5-11H2,1-4H3,(H,17,18,19). The summed E-state index contributed by atoms with van der Waals surface area (Å²) in [6.07, 6.45) is 7.33. The van der Waals surface area contributed by atoms with E-state index in [2.05, 4.69) is 36.0 Å². The molecule has 1 atom stereocenters. The second-order valence-corrected chi connectivity index (χ2v) is 5.65. The van der Waals surface area contributed by atoms with Crippen molar-refractivity contribution in [2.24, 2.45) is 0 Å². The average molecular weight is 276 g/mol. The molecular formula is C16H28N4. The molecule has 1 N–H and O–H groups in total. The minimum Gasteiger partial charge on any atom is -0.373 e. The monoisotopic (exact) mass is 276 g/mol. The van der Waals surface area contributed by atoms with Crippen LogP contribution >= 0.6 is 0 Å². The molecule has 1 aromatic heterocycles. The van der Waals surface area contributed by atoms with Crippen LogP contribution in [0.2, 0.25) is 0 Å². The summed E-state index contributed by atoms with van der Waals surface area (Å²) in [6, 6.07) is 0.625. The first kappa shape index (κ1) is 15.1. The molecule has 2 rings (SSSR count). The molecule has 20 heavy (non-hydrogen) atoms. The van der Waals surface area contributed by atoms with Crippen molar-refractivity contribution in [3.63, 3.8) is 0 Å². The number of nitrogens with one attached hydrogen (secondary N) is 1. The lowest BCUT2D eigenvalue weighted by Crippen LogP contribution is -2.36. The van der Waals surface area contributed by atoms with Crippen molar-refractivity contribution in [2.75, 3.05) is 23.8 Å². The van der Waals surface area contributed by atoms with E-state index in [1.54, 1.807) is 0 Å². The molecule has 1 unspecified atom stereocenters. The molecular weight excluding hydrogens is 248 g/mol. The van der Waals surface area contributed by atoms with Crippen LogP contribution in [0.5, 0.6) is 0 Å². The average Bonchev–Trinajstić information content (AvgIpc) is 2.72. The van der Waals surface area contributed by atoms with Crippen LogP contribution in [-0.4, -0.2) is 29.6 Å². The van der Waals surface area contributed by atoms with Gasteiger partial charge in [0.15, 0.2) is 0 Å². The summed E-state index contributed by atoms with van der Waals surface area (Å²) >= 11 is 0. The Morgan fingerprint density at radius 3 is 2.65 bits per heavy atom. The normalized spacial score (nSPS) is 19.8. The van der Waals surface area contributed by atoms with E-state index in [1.807, 2.05) is 7.05 Å². The third-order valence-corrected chi connectivity index (χ3v) is 4.34. The zero-order chi connectivity index (χ0) is 14.5. The van der Waals surface area contributed by atoms with Gasteiger partial charge in [-0.05, 0) is 26.2 Å². The third-order valence-electron chi connectivity index (χ3n) is 4.34. The minimum absolute atomic E-state index is 0.625. The van der Waals surface area contributed by atoms with Crippen molar-refractivity contribution < 1.29 is 0 Å². The van der Waals surface area contributed by atoms with Gasteiger partial charge in [-0.1, -0.05) is 26.7 Å². The number of hydrogen-bond acceptors (Lipinski definition) is 4. The number of anilines is 2. The first-order valence-corrected chi connectivity index (χ1v) is 8.03. The van der Waals surface area contributed by atoms with Gasteiger partial charge in [0.25, 0.3) is 0 Å². The van der Waals surface area contributed by atoms with Gasteiger partial charge in [-0.2, -0.15) is 0 Å². The van der Waals surface area contributed by atoms with Crippen molar-refractivity contribution >= 4 is 11.6 Å². The van der Waals surface area contributed by atoms with Gasteiger partial charge in [0, 0.05) is 31.6 Å². The molecule has 0 saturated carbocycles. The Morgan fingerprint density at radius 2 is 2.00 bits per heavy atom. The highest BCUT2D eigenvalue weighted by atomic mass is 15.2. The summed E-state index contributed by atoms with van der Waals surface area (Å²) in [5, 5.41) is 3.22. The van der Waals surface area contributed by atoms with Gasteiger partial charge < -0.3 is 10.2 Å². The Morgan fingerprint density at radius 1 is 1.20 bits per heavy atom. The van der Waals surface area contributed by atoms with Gasteiger partial charge in [0.1, 0.15) is 17.5 Å². The highest BCUT2D eigenvalue weighted by molar-refractivity contribution is 5.59. The van der Waals surface area contributed by atoms with Crippen molar-refractivity contribution in [2.45, 2.75) is 65.3 Å². The van der Waals surface area contributed by atoms with E-state index in [0.29, 0.717) is 6.04 Å². The third kappa shape index (κ3) is 3.05. The Balaban J connectivity index is 2.42. The molecule has 1 saturated heterocycles. The van der Waals surface area contributed by atoms with Crippen LogP contribution in [0.1, 0.15) is 57.3 Å². The summed E-state index contributed by atoms with van der Waals surface area (Å²) in [4.78, 5) is 12.0. The molecule has 4 heteroatoms. The highest BCUT2D eigenvalue weighted by Crippen LogP contribution is 2.29. The predicted octanol–water partition coefficient (Wildman–Crippen LogP) is 3.55. The summed E-state index contributed by atoms with van der Waals surface area (Å²) in [5.41, 5.74) is 1.19. The number of hydrogen-bond donors (Lipinski definition) is 1. The zero-order valence-corrected chi connectivity index (χ0v) is 13.4. The smallest absolute Gasteiger partial charge is 0.137 e. The van der Waals surface area contributed by atoms with Gasteiger partial charge in [0.2, 0.25) is 0 Å². The van der Waals surface area contributed by atoms with Crippen LogP contribution < -0.4 is 10.2 Å². The van der Waals surface area contributed by atoms with E-state index in [4.69, 9.17) is 4.98 Å². The fraction of sp³-hybridized carbons (Fsp3) is 0.750. The van der Waals surface area contributed by atoms with Crippen LogP contribution in [0.15, 0.2) is 0 Å². The summed E-state index contributed by atoms with van der Waals surface area (Å²) in [7, 11) is 1.94. The molecule has 1 aliphatic heterocycles. The lowest BCUT2D eigenvalue weighted by molar-refractivity contribution is 0.550. The molecule has 112 valence electrons. The lowest BCUT2D eigenvalue weighted by Gasteiger charge is -2.32. The molecule has 1 fully saturated rings. The van der Waals surface area contributed by atoms with Crippen LogP contribution in [0.4, 0.5) is 11.6 Å². The quantitative estimate of drug-likeness (QED) is 0.913. The molecule has 0 aliphatic carbocycles. The second-order valence-electron chi connectivity index (χ2n) is 5.65. The van der Waals surface area contributed by atoms with Crippen LogP contribution in [0.25, 0.3) is 0 Å². The largest absolute Gasteiger partial charge is 0.373 e. The van der Waals surface area contributed by atoms with E-state index in [1.165, 1.54) is 37.7 Å². The van der Waals surface area contributed by atoms with E-state index >= 15 is 0 Å². The Hall–Kier alpha value is -1.32. The SMILES string of the molecule is CCc1nc(NC)c(C)c(N2CCCCCC2CC)n1. The van der Waals surface area contributed by atoms with Gasteiger partial charge in [0.05, 0.1) is 0 Å². The van der Waals surface area contributed by atoms with Crippen LogP contribution in [0, 0.1) is 6.92 Å². The molecule has 4 nitrogen and oxygen atoms in total. The van der Waals surface area contributed by atoms with Crippen LogP contribution in [0.3, 0.4) is 0 Å². The minimum atomic E-state index is 0.625. The van der Waals surface area contributed by atoms with Gasteiger partial charge in [-0.15, -0.1) is 0 Å². The summed E-state index contributed by atoms with van der Waals surface area (Å²) < 4.78 is 0. The van der Waals surface area contributed by atoms with Gasteiger partial charge in [-0.3, -0.25) is 0 Å². The molecule has 2 heterocycles. The Labute approximate surface area is 123 Å². The molecule has 0 bridgehead atoms. The fourth-order valence-electron chi connectivity index (χ4n) is 3.11. The van der Waals surface area contributed by atoms with E-state index in [0.717, 1.165) is 30.4 Å². The first-order valence-electron chi connectivity index (χ1n) is 8.03. The van der Waals surface area contributed by atoms with Crippen LogP contribution in [-0.2, 0) is 6.42 Å². The van der Waals surface area contributed by atoms with Crippen molar-refractivity contribution in [1.29, 1.82) is 0 Å². The Bertz CT molecular complexity index is 444. The molecule has 0 amide bonds. The molecule has 0 radical (unpaired) electrons. The summed E-state index contributed by atoms with van der Waals surface area (Å²) in [5.74, 6) is 3.06. The second kappa shape index (κ2) is 6.91. The molecule has 0 spiro atoms. The van der Waals surface area contributed by atoms with E-state index in [-0.39, 0.29) is 0 Å². The van der Waals surface area contributed by atoms with Crippen molar-refractivity contribution in [1.82, 2.24) is 9.97 Å². The number of aryl methyl sites for hydroxylation is 1. The Kier molecular flexibility index (Phi) is 5.21.